The van der Waals surface area contributed by atoms with Gasteiger partial charge in [-0.2, -0.15) is 5.26 Å². The average Bonchev–Trinajstić information content (AvgIpc) is 3.15. The third-order valence-electron chi connectivity index (χ3n) is 3.16. The van der Waals surface area contributed by atoms with Crippen molar-refractivity contribution >= 4 is 33.0 Å². The van der Waals surface area contributed by atoms with Gasteiger partial charge in [-0.1, -0.05) is 6.07 Å². The van der Waals surface area contributed by atoms with Crippen LogP contribution in [0, 0.1) is 11.3 Å². The third-order valence-corrected chi connectivity index (χ3v) is 6.32. The first-order valence-corrected chi connectivity index (χ1v) is 9.51. The maximum atomic E-state index is 12.4. The van der Waals surface area contributed by atoms with Crippen LogP contribution < -0.4 is 9.04 Å². The molecule has 0 saturated carbocycles. The molecular formula is C16H16N2O5S2. The van der Waals surface area contributed by atoms with Crippen LogP contribution in [0.2, 0.25) is 0 Å². The Labute approximate surface area is 150 Å². The topological polar surface area (TPSA) is 96.7 Å². The Morgan fingerprint density at radius 3 is 2.56 bits per heavy atom. The van der Waals surface area contributed by atoms with E-state index in [0.717, 1.165) is 11.3 Å². The highest BCUT2D eigenvalue weighted by atomic mass is 32.2. The summed E-state index contributed by atoms with van der Waals surface area (Å²) in [5.41, 5.74) is 0.460. The number of hydrogen-bond acceptors (Lipinski definition) is 7. The molecule has 0 aliphatic carbocycles. The van der Waals surface area contributed by atoms with Crippen molar-refractivity contribution < 1.29 is 22.7 Å². The molecule has 1 aromatic carbocycles. The van der Waals surface area contributed by atoms with Gasteiger partial charge in [-0.25, -0.2) is 13.2 Å². The summed E-state index contributed by atoms with van der Waals surface area (Å²) >= 11 is 1.15. The number of ether oxygens (including phenoxy) is 2. The average molecular weight is 380 g/mol. The van der Waals surface area contributed by atoms with Crippen molar-refractivity contribution in [1.82, 2.24) is 0 Å². The Hall–Kier alpha value is -2.57. The molecule has 2 aromatic rings. The predicted octanol–water partition coefficient (Wildman–Crippen LogP) is 2.41. The number of esters is 1. The number of carbonyl (C=O) groups excluding carboxylic acids is 1. The van der Waals surface area contributed by atoms with Crippen molar-refractivity contribution in [3.05, 3.63) is 41.8 Å². The molecule has 0 fully saturated rings. The van der Waals surface area contributed by atoms with E-state index in [9.17, 15) is 13.2 Å². The second-order valence-corrected chi connectivity index (χ2v) is 8.09. The molecule has 0 spiro atoms. The molecule has 0 aliphatic rings. The number of sulfonamides is 1. The SMILES string of the molecule is C[C@H](C#N)OC(=O)COc1ccc(N(C)S(=O)(=O)c2cccs2)cc1. The zero-order valence-electron chi connectivity index (χ0n) is 13.6. The van der Waals surface area contributed by atoms with Gasteiger partial charge in [-0.05, 0) is 42.6 Å². The standard InChI is InChI=1S/C16H16N2O5S2/c1-12(10-17)23-15(19)11-22-14-7-5-13(6-8-14)18(2)25(20,21)16-4-3-9-24-16/h3-9,12H,11H2,1-2H3/t12-/m1/s1. The van der Waals surface area contributed by atoms with E-state index in [1.807, 2.05) is 0 Å². The van der Waals surface area contributed by atoms with Gasteiger partial charge in [0.15, 0.2) is 12.7 Å². The van der Waals surface area contributed by atoms with Crippen molar-refractivity contribution in [1.29, 1.82) is 5.26 Å². The van der Waals surface area contributed by atoms with Crippen LogP contribution in [0.4, 0.5) is 5.69 Å². The maximum absolute atomic E-state index is 12.4. The molecule has 132 valence electrons. The van der Waals surface area contributed by atoms with Crippen molar-refractivity contribution in [2.45, 2.75) is 17.2 Å². The van der Waals surface area contributed by atoms with Gasteiger partial charge in [0.25, 0.3) is 10.0 Å². The lowest BCUT2D eigenvalue weighted by molar-refractivity contribution is -0.148. The molecular weight excluding hydrogens is 364 g/mol. The monoisotopic (exact) mass is 380 g/mol. The van der Waals surface area contributed by atoms with Gasteiger partial charge in [0.1, 0.15) is 16.0 Å². The number of carbonyl (C=O) groups is 1. The lowest BCUT2D eigenvalue weighted by atomic mass is 10.3. The van der Waals surface area contributed by atoms with E-state index in [4.69, 9.17) is 14.7 Å². The minimum Gasteiger partial charge on any atom is -0.482 e. The van der Waals surface area contributed by atoms with Gasteiger partial charge in [0, 0.05) is 7.05 Å². The summed E-state index contributed by atoms with van der Waals surface area (Å²) in [5.74, 6) is -0.275. The first-order valence-electron chi connectivity index (χ1n) is 7.19. The fraction of sp³-hybridized carbons (Fsp3) is 0.250. The first-order chi connectivity index (χ1) is 11.8. The Balaban J connectivity index is 2.00. The summed E-state index contributed by atoms with van der Waals surface area (Å²) in [6.45, 7) is 1.12. The van der Waals surface area contributed by atoms with Crippen LogP contribution in [0.1, 0.15) is 6.92 Å². The molecule has 0 aliphatic heterocycles. The van der Waals surface area contributed by atoms with Crippen LogP contribution in [0.5, 0.6) is 5.75 Å². The molecule has 0 amide bonds. The smallest absolute Gasteiger partial charge is 0.345 e. The fourth-order valence-electron chi connectivity index (χ4n) is 1.84. The Kier molecular flexibility index (Phi) is 6.01. The van der Waals surface area contributed by atoms with E-state index in [1.54, 1.807) is 47.8 Å². The number of rotatable bonds is 7. The predicted molar refractivity (Wildman–Crippen MR) is 93.0 cm³/mol. The summed E-state index contributed by atoms with van der Waals surface area (Å²) in [5, 5.41) is 10.3. The van der Waals surface area contributed by atoms with Crippen molar-refractivity contribution in [3.63, 3.8) is 0 Å². The summed E-state index contributed by atoms with van der Waals surface area (Å²) in [6, 6.07) is 11.2. The lowest BCUT2D eigenvalue weighted by Crippen LogP contribution is -2.25. The van der Waals surface area contributed by atoms with E-state index >= 15 is 0 Å². The van der Waals surface area contributed by atoms with Crippen LogP contribution in [0.25, 0.3) is 0 Å². The minimum atomic E-state index is -3.60. The van der Waals surface area contributed by atoms with E-state index in [1.165, 1.54) is 18.3 Å². The number of nitrogens with zero attached hydrogens (tertiary/aromatic N) is 2. The van der Waals surface area contributed by atoms with Gasteiger partial charge in [-0.15, -0.1) is 11.3 Å². The molecule has 1 atom stereocenters. The van der Waals surface area contributed by atoms with Crippen LogP contribution in [0.15, 0.2) is 46.0 Å². The second kappa shape index (κ2) is 8.00. The number of anilines is 1. The quantitative estimate of drug-likeness (QED) is 0.684. The minimum absolute atomic E-state index is 0.254. The lowest BCUT2D eigenvalue weighted by Gasteiger charge is -2.18. The van der Waals surface area contributed by atoms with Crippen LogP contribution in [0.3, 0.4) is 0 Å². The van der Waals surface area contributed by atoms with Gasteiger partial charge in [-0.3, -0.25) is 4.31 Å². The number of hydrogen-bond donors (Lipinski definition) is 0. The molecule has 0 unspecified atom stereocenters. The summed E-state index contributed by atoms with van der Waals surface area (Å²) in [4.78, 5) is 11.4. The van der Waals surface area contributed by atoms with Gasteiger partial charge < -0.3 is 9.47 Å². The zero-order valence-corrected chi connectivity index (χ0v) is 15.2. The Bertz CT molecular complexity index is 855. The van der Waals surface area contributed by atoms with Crippen molar-refractivity contribution in [2.24, 2.45) is 0 Å². The molecule has 9 heteroatoms. The first kappa shape index (κ1) is 18.8. The molecule has 0 bridgehead atoms. The third kappa shape index (κ3) is 4.71. The Morgan fingerprint density at radius 2 is 2.00 bits per heavy atom. The number of benzene rings is 1. The largest absolute Gasteiger partial charge is 0.482 e. The number of nitriles is 1. The molecule has 0 radical (unpaired) electrons. The fourth-order valence-corrected chi connectivity index (χ4v) is 4.19. The van der Waals surface area contributed by atoms with Crippen LogP contribution in [-0.4, -0.2) is 34.1 Å². The van der Waals surface area contributed by atoms with Gasteiger partial charge in [0.05, 0.1) is 5.69 Å². The molecule has 0 N–H and O–H groups in total. The summed E-state index contributed by atoms with van der Waals surface area (Å²) < 4.78 is 36.3. The Morgan fingerprint density at radius 1 is 1.32 bits per heavy atom. The van der Waals surface area contributed by atoms with Crippen LogP contribution in [-0.2, 0) is 19.6 Å². The summed E-state index contributed by atoms with van der Waals surface area (Å²) in [7, 11) is -2.13. The molecule has 1 heterocycles. The molecule has 25 heavy (non-hydrogen) atoms. The van der Waals surface area contributed by atoms with E-state index < -0.39 is 22.1 Å². The number of thiophene rings is 1. The van der Waals surface area contributed by atoms with E-state index in [0.29, 0.717) is 11.4 Å². The molecule has 1 aromatic heterocycles. The van der Waals surface area contributed by atoms with Crippen molar-refractivity contribution in [3.8, 4) is 11.8 Å². The zero-order chi connectivity index (χ0) is 18.4. The highest BCUT2D eigenvalue weighted by Crippen LogP contribution is 2.26. The second-order valence-electron chi connectivity index (χ2n) is 4.95. The van der Waals surface area contributed by atoms with E-state index in [2.05, 4.69) is 0 Å². The molecule has 7 nitrogen and oxygen atoms in total. The maximum Gasteiger partial charge on any atom is 0.345 e. The highest BCUT2D eigenvalue weighted by Gasteiger charge is 2.22. The molecule has 2 rings (SSSR count). The van der Waals surface area contributed by atoms with E-state index in [-0.39, 0.29) is 10.8 Å². The normalized spacial score (nSPS) is 12.0. The summed E-state index contributed by atoms with van der Waals surface area (Å²) in [6.07, 6.45) is -0.838. The van der Waals surface area contributed by atoms with Crippen LogP contribution >= 0.6 is 11.3 Å². The highest BCUT2D eigenvalue weighted by molar-refractivity contribution is 7.94. The van der Waals surface area contributed by atoms with Gasteiger partial charge in [0.2, 0.25) is 0 Å². The van der Waals surface area contributed by atoms with Gasteiger partial charge >= 0.3 is 5.97 Å². The van der Waals surface area contributed by atoms with Crippen molar-refractivity contribution in [2.75, 3.05) is 18.0 Å². The molecule has 0 saturated heterocycles.